The molecule has 0 unspecified atom stereocenters. The Morgan fingerprint density at radius 3 is 1.15 bits per heavy atom. The van der Waals surface area contributed by atoms with Crippen molar-refractivity contribution < 1.29 is 86.1 Å². The van der Waals surface area contributed by atoms with E-state index in [0.29, 0.717) is 0 Å². The summed E-state index contributed by atoms with van der Waals surface area (Å²) in [5.41, 5.74) is -2.09. The molecule has 0 amide bonds. The largest absolute Gasteiger partial charge is 0.508 e. The van der Waals surface area contributed by atoms with E-state index >= 15 is 0 Å². The van der Waals surface area contributed by atoms with Gasteiger partial charge < -0.3 is 86.1 Å². The summed E-state index contributed by atoms with van der Waals surface area (Å²) in [6, 6.07) is 8.22. The summed E-state index contributed by atoms with van der Waals surface area (Å²) in [6.45, 7) is 0. The SMILES string of the molecule is Oc1cc(O)c([C@H]2c3c(cc(O)c([C@H]4c5c(O)cc(O)cc5O[C@H](c5cc(O)c(O)c(O)c5)[C@@H]4O)c3O)O[C@H](c3cc(O)c(O)c(O)c3)[C@@H]2O)c(O)c1. The van der Waals surface area contributed by atoms with E-state index in [0.717, 1.165) is 54.6 Å². The van der Waals surface area contributed by atoms with Crippen molar-refractivity contribution in [2.45, 2.75) is 36.3 Å². The minimum atomic E-state index is -1.96. The number of aliphatic hydroxyl groups is 2. The van der Waals surface area contributed by atoms with Crippen molar-refractivity contribution in [1.82, 2.24) is 0 Å². The third kappa shape index (κ3) is 5.33. The highest BCUT2D eigenvalue weighted by molar-refractivity contribution is 5.69. The molecule has 0 spiro atoms. The molecule has 6 atom stereocenters. The van der Waals surface area contributed by atoms with Gasteiger partial charge in [-0.25, -0.2) is 0 Å². The highest BCUT2D eigenvalue weighted by Crippen LogP contribution is 2.60. The predicted octanol–water partition coefficient (Wildman–Crippen LogP) is 3.11. The first kappa shape index (κ1) is 34.5. The maximum atomic E-state index is 12.1. The van der Waals surface area contributed by atoms with E-state index in [1.54, 1.807) is 0 Å². The number of aliphatic hydroxyl groups excluding tert-OH is 2. The standard InChI is InChI=1S/C36H30O17/c37-12-5-14(39)24(15(40)6-12)28-27-23(53-35(33(28)50)10-1-18(43)30(47)19(44)2-10)9-17(42)26(32(27)49)29-25-16(41)7-13(38)8-22(25)52-36(34(29)51)11-3-20(45)31(48)21(46)4-11/h1-9,28-29,33-51H/t28-,29+,33+,34+,35+,36+/m0/s1. The van der Waals surface area contributed by atoms with Crippen molar-refractivity contribution in [3.05, 3.63) is 88.0 Å². The quantitative estimate of drug-likeness (QED) is 0.118. The van der Waals surface area contributed by atoms with Gasteiger partial charge in [-0.2, -0.15) is 0 Å². The highest BCUT2D eigenvalue weighted by atomic mass is 16.5. The lowest BCUT2D eigenvalue weighted by Crippen LogP contribution is -2.37. The lowest BCUT2D eigenvalue weighted by molar-refractivity contribution is 0.00303. The predicted molar refractivity (Wildman–Crippen MR) is 176 cm³/mol. The molecule has 7 rings (SSSR count). The van der Waals surface area contributed by atoms with Crippen LogP contribution in [0.2, 0.25) is 0 Å². The van der Waals surface area contributed by atoms with Crippen LogP contribution in [-0.4, -0.2) is 88.8 Å². The molecule has 15 N–H and O–H groups in total. The van der Waals surface area contributed by atoms with E-state index in [2.05, 4.69) is 0 Å². The number of hydrogen-bond acceptors (Lipinski definition) is 17. The molecule has 0 fully saturated rings. The Kier molecular flexibility index (Phi) is 7.85. The van der Waals surface area contributed by atoms with Crippen LogP contribution in [0.3, 0.4) is 0 Å². The topological polar surface area (TPSA) is 322 Å². The normalized spacial score (nSPS) is 21.9. The lowest BCUT2D eigenvalue weighted by atomic mass is 9.74. The van der Waals surface area contributed by atoms with Crippen molar-refractivity contribution in [3.63, 3.8) is 0 Å². The third-order valence-electron chi connectivity index (χ3n) is 9.44. The second-order valence-electron chi connectivity index (χ2n) is 12.7. The number of benzene rings is 5. The molecule has 0 saturated heterocycles. The first-order chi connectivity index (χ1) is 25.0. The van der Waals surface area contributed by atoms with Crippen LogP contribution in [-0.2, 0) is 0 Å². The monoisotopic (exact) mass is 734 g/mol. The molecule has 276 valence electrons. The number of aromatic hydroxyl groups is 13. The van der Waals surface area contributed by atoms with Crippen molar-refractivity contribution in [2.75, 3.05) is 0 Å². The summed E-state index contributed by atoms with van der Waals surface area (Å²) < 4.78 is 11.8. The Hall–Kier alpha value is -6.98. The van der Waals surface area contributed by atoms with Crippen molar-refractivity contribution in [1.29, 1.82) is 0 Å². The van der Waals surface area contributed by atoms with E-state index in [4.69, 9.17) is 9.47 Å². The Morgan fingerprint density at radius 2 is 0.698 bits per heavy atom. The Morgan fingerprint density at radius 1 is 0.340 bits per heavy atom. The van der Waals surface area contributed by atoms with Gasteiger partial charge in [0.25, 0.3) is 0 Å². The Bertz CT molecular complexity index is 2250. The van der Waals surface area contributed by atoms with E-state index in [9.17, 15) is 76.6 Å². The number of phenols is 13. The summed E-state index contributed by atoms with van der Waals surface area (Å²) >= 11 is 0. The molecule has 0 radical (unpaired) electrons. The van der Waals surface area contributed by atoms with Gasteiger partial charge >= 0.3 is 0 Å². The molecule has 17 heteroatoms. The van der Waals surface area contributed by atoms with Gasteiger partial charge in [-0.1, -0.05) is 0 Å². The average Bonchev–Trinajstić information content (AvgIpc) is 3.06. The van der Waals surface area contributed by atoms with Crippen LogP contribution < -0.4 is 9.47 Å². The van der Waals surface area contributed by atoms with Gasteiger partial charge in [-0.05, 0) is 24.3 Å². The second kappa shape index (κ2) is 12.1. The molecule has 5 aromatic carbocycles. The van der Waals surface area contributed by atoms with Gasteiger partial charge in [0, 0.05) is 63.7 Å². The van der Waals surface area contributed by atoms with E-state index in [-0.39, 0.29) is 22.4 Å². The van der Waals surface area contributed by atoms with Crippen LogP contribution in [0.5, 0.6) is 86.2 Å². The molecule has 5 aromatic rings. The summed E-state index contributed by atoms with van der Waals surface area (Å²) in [5.74, 6) is -14.4. The van der Waals surface area contributed by atoms with Crippen LogP contribution >= 0.6 is 0 Å². The molecule has 0 aliphatic carbocycles. The summed E-state index contributed by atoms with van der Waals surface area (Å²) in [6.07, 6.45) is -7.12. The fourth-order valence-corrected chi connectivity index (χ4v) is 7.15. The van der Waals surface area contributed by atoms with Crippen LogP contribution in [0.25, 0.3) is 0 Å². The van der Waals surface area contributed by atoms with E-state index in [1.165, 1.54) is 0 Å². The molecule has 2 heterocycles. The average molecular weight is 735 g/mol. The van der Waals surface area contributed by atoms with Gasteiger partial charge in [0.15, 0.2) is 46.7 Å². The molecular formula is C36H30O17. The smallest absolute Gasteiger partial charge is 0.200 e. The van der Waals surface area contributed by atoms with Gasteiger partial charge in [0.1, 0.15) is 64.0 Å². The number of rotatable bonds is 4. The summed E-state index contributed by atoms with van der Waals surface area (Å²) in [7, 11) is 0. The fourth-order valence-electron chi connectivity index (χ4n) is 7.15. The van der Waals surface area contributed by atoms with E-state index < -0.39 is 133 Å². The molecule has 0 aromatic heterocycles. The van der Waals surface area contributed by atoms with Gasteiger partial charge in [0.2, 0.25) is 0 Å². The van der Waals surface area contributed by atoms with Gasteiger partial charge in [-0.15, -0.1) is 0 Å². The zero-order valence-corrected chi connectivity index (χ0v) is 26.7. The molecule has 17 nitrogen and oxygen atoms in total. The number of phenolic OH excluding ortho intramolecular Hbond substituents is 13. The third-order valence-corrected chi connectivity index (χ3v) is 9.44. The van der Waals surface area contributed by atoms with Gasteiger partial charge in [0.05, 0.1) is 11.8 Å². The van der Waals surface area contributed by atoms with Crippen LogP contribution in [0.1, 0.15) is 57.4 Å². The van der Waals surface area contributed by atoms with Crippen LogP contribution in [0, 0.1) is 0 Å². The van der Waals surface area contributed by atoms with Crippen LogP contribution in [0.15, 0.2) is 54.6 Å². The van der Waals surface area contributed by atoms with Crippen LogP contribution in [0.4, 0.5) is 0 Å². The molecule has 2 aliphatic heterocycles. The van der Waals surface area contributed by atoms with E-state index in [1.807, 2.05) is 0 Å². The first-order valence-corrected chi connectivity index (χ1v) is 15.6. The molecule has 0 bridgehead atoms. The Balaban J connectivity index is 1.49. The minimum absolute atomic E-state index is 0.153. The molecular weight excluding hydrogens is 704 g/mol. The minimum Gasteiger partial charge on any atom is -0.508 e. The van der Waals surface area contributed by atoms with Crippen molar-refractivity contribution in [3.8, 4) is 86.2 Å². The van der Waals surface area contributed by atoms with Crippen molar-refractivity contribution in [2.24, 2.45) is 0 Å². The maximum absolute atomic E-state index is 12.1. The number of hydrogen-bond donors (Lipinski definition) is 15. The summed E-state index contributed by atoms with van der Waals surface area (Å²) in [4.78, 5) is 0. The second-order valence-corrected chi connectivity index (χ2v) is 12.7. The summed E-state index contributed by atoms with van der Waals surface area (Å²) in [5, 5.41) is 162. The first-order valence-electron chi connectivity index (χ1n) is 15.6. The fraction of sp³-hybridized carbons (Fsp3) is 0.167. The lowest BCUT2D eigenvalue weighted by Gasteiger charge is -2.41. The number of ether oxygens (including phenoxy) is 2. The zero-order valence-electron chi connectivity index (χ0n) is 26.7. The maximum Gasteiger partial charge on any atom is 0.200 e. The van der Waals surface area contributed by atoms with Gasteiger partial charge in [-0.3, -0.25) is 0 Å². The molecule has 0 saturated carbocycles. The molecule has 2 aliphatic rings. The zero-order chi connectivity index (χ0) is 38.4. The highest BCUT2D eigenvalue weighted by Gasteiger charge is 2.49. The molecule has 53 heavy (non-hydrogen) atoms. The van der Waals surface area contributed by atoms with Crippen molar-refractivity contribution >= 4 is 0 Å². The Labute approximate surface area is 296 Å². The number of fused-ring (bicyclic) bond motifs is 2.